The van der Waals surface area contributed by atoms with E-state index in [0.717, 1.165) is 38.6 Å². The zero-order valence-electron chi connectivity index (χ0n) is 17.5. The van der Waals surface area contributed by atoms with Gasteiger partial charge in [-0.15, -0.1) is 0 Å². The van der Waals surface area contributed by atoms with Gasteiger partial charge in [0.15, 0.2) is 0 Å². The average molecular weight is 354 g/mol. The van der Waals surface area contributed by atoms with Crippen LogP contribution in [0.5, 0.6) is 0 Å². The Kier molecular flexibility index (Phi) is 19.7. The summed E-state index contributed by atoms with van der Waals surface area (Å²) in [6, 6.07) is 0. The number of hydrogen-bond donors (Lipinski definition) is 1. The molecule has 0 amide bonds. The SMILES string of the molecule is CCCCCCCCCCCCCCCC(=O)C[C@H](C)CCCCN. The summed E-state index contributed by atoms with van der Waals surface area (Å²) in [5.74, 6) is 1.02. The minimum absolute atomic E-state index is 0.475. The molecule has 0 aliphatic carbocycles. The summed E-state index contributed by atoms with van der Waals surface area (Å²) in [6.07, 6.45) is 22.7. The molecule has 0 saturated heterocycles. The van der Waals surface area contributed by atoms with Gasteiger partial charge in [0.25, 0.3) is 0 Å². The average Bonchev–Trinajstić information content (AvgIpc) is 2.59. The monoisotopic (exact) mass is 353 g/mol. The van der Waals surface area contributed by atoms with E-state index in [-0.39, 0.29) is 0 Å². The van der Waals surface area contributed by atoms with Crippen LogP contribution in [0.2, 0.25) is 0 Å². The maximum Gasteiger partial charge on any atom is 0.133 e. The van der Waals surface area contributed by atoms with Crippen molar-refractivity contribution in [2.45, 2.75) is 129 Å². The highest BCUT2D eigenvalue weighted by Crippen LogP contribution is 2.16. The standard InChI is InChI=1S/C23H47NO/c1-3-4-5-6-7-8-9-10-11-12-13-14-15-19-23(25)21-22(2)18-16-17-20-24/h22H,3-21,24H2,1-2H3/t22-/m1/s1. The van der Waals surface area contributed by atoms with Crippen molar-refractivity contribution < 1.29 is 4.79 Å². The van der Waals surface area contributed by atoms with E-state index in [1.165, 1.54) is 83.5 Å². The van der Waals surface area contributed by atoms with Crippen molar-refractivity contribution in [3.05, 3.63) is 0 Å². The largest absolute Gasteiger partial charge is 0.330 e. The summed E-state index contributed by atoms with van der Waals surface area (Å²) in [5, 5.41) is 0. The Morgan fingerprint density at radius 2 is 1.20 bits per heavy atom. The fourth-order valence-electron chi connectivity index (χ4n) is 3.57. The molecule has 1 atom stereocenters. The Morgan fingerprint density at radius 1 is 0.720 bits per heavy atom. The molecular formula is C23H47NO. The first-order valence-corrected chi connectivity index (χ1v) is 11.4. The highest BCUT2D eigenvalue weighted by molar-refractivity contribution is 5.78. The molecule has 0 unspecified atom stereocenters. The predicted octanol–water partition coefficient (Wildman–Crippen LogP) is 7.19. The third-order valence-corrected chi connectivity index (χ3v) is 5.29. The van der Waals surface area contributed by atoms with Crippen LogP contribution in [0.1, 0.15) is 129 Å². The molecular weight excluding hydrogens is 306 g/mol. The molecule has 0 aromatic heterocycles. The number of nitrogens with two attached hydrogens (primary N) is 1. The molecule has 0 aromatic rings. The van der Waals surface area contributed by atoms with Crippen molar-refractivity contribution in [3.8, 4) is 0 Å². The van der Waals surface area contributed by atoms with E-state index in [2.05, 4.69) is 13.8 Å². The number of unbranched alkanes of at least 4 members (excludes halogenated alkanes) is 13. The molecule has 0 heterocycles. The van der Waals surface area contributed by atoms with Crippen LogP contribution in [-0.4, -0.2) is 12.3 Å². The van der Waals surface area contributed by atoms with Gasteiger partial charge in [-0.05, 0) is 25.3 Å². The Bertz CT molecular complexity index is 277. The second-order valence-electron chi connectivity index (χ2n) is 8.13. The number of carbonyl (C=O) groups excluding carboxylic acids is 1. The lowest BCUT2D eigenvalue weighted by Gasteiger charge is -2.10. The van der Waals surface area contributed by atoms with Crippen LogP contribution in [0, 0.1) is 5.92 Å². The van der Waals surface area contributed by atoms with Crippen molar-refractivity contribution in [2.24, 2.45) is 11.7 Å². The molecule has 0 spiro atoms. The maximum atomic E-state index is 12.0. The van der Waals surface area contributed by atoms with E-state index < -0.39 is 0 Å². The molecule has 0 aromatic carbocycles. The summed E-state index contributed by atoms with van der Waals surface area (Å²) < 4.78 is 0. The van der Waals surface area contributed by atoms with Crippen molar-refractivity contribution >= 4 is 5.78 Å². The molecule has 2 N–H and O–H groups in total. The van der Waals surface area contributed by atoms with Gasteiger partial charge < -0.3 is 5.73 Å². The van der Waals surface area contributed by atoms with Crippen LogP contribution < -0.4 is 5.73 Å². The number of carbonyl (C=O) groups is 1. The van der Waals surface area contributed by atoms with Crippen LogP contribution >= 0.6 is 0 Å². The molecule has 150 valence electrons. The number of rotatable bonds is 20. The minimum atomic E-state index is 0.475. The minimum Gasteiger partial charge on any atom is -0.330 e. The van der Waals surface area contributed by atoms with Gasteiger partial charge in [0.1, 0.15) is 5.78 Å². The summed E-state index contributed by atoms with van der Waals surface area (Å²) in [6.45, 7) is 5.26. The van der Waals surface area contributed by atoms with Crippen molar-refractivity contribution in [3.63, 3.8) is 0 Å². The molecule has 0 bridgehead atoms. The lowest BCUT2D eigenvalue weighted by molar-refractivity contribution is -0.120. The fourth-order valence-corrected chi connectivity index (χ4v) is 3.57. The van der Waals surface area contributed by atoms with Crippen LogP contribution in [0.25, 0.3) is 0 Å². The number of hydrogen-bond acceptors (Lipinski definition) is 2. The van der Waals surface area contributed by atoms with Crippen molar-refractivity contribution in [1.29, 1.82) is 0 Å². The van der Waals surface area contributed by atoms with Gasteiger partial charge in [-0.3, -0.25) is 4.79 Å². The third kappa shape index (κ3) is 19.8. The highest BCUT2D eigenvalue weighted by atomic mass is 16.1. The molecule has 0 saturated carbocycles. The zero-order valence-corrected chi connectivity index (χ0v) is 17.5. The molecule has 2 nitrogen and oxygen atoms in total. The van der Waals surface area contributed by atoms with Crippen molar-refractivity contribution in [2.75, 3.05) is 6.54 Å². The van der Waals surface area contributed by atoms with Crippen molar-refractivity contribution in [1.82, 2.24) is 0 Å². The van der Waals surface area contributed by atoms with Crippen LogP contribution in [0.3, 0.4) is 0 Å². The summed E-state index contributed by atoms with van der Waals surface area (Å²) in [5.41, 5.74) is 5.51. The Balaban J connectivity index is 3.23. The smallest absolute Gasteiger partial charge is 0.133 e. The zero-order chi connectivity index (χ0) is 18.6. The second kappa shape index (κ2) is 19.9. The first-order chi connectivity index (χ1) is 12.2. The van der Waals surface area contributed by atoms with Gasteiger partial charge in [0, 0.05) is 12.8 Å². The lowest BCUT2D eigenvalue weighted by Crippen LogP contribution is -2.06. The third-order valence-electron chi connectivity index (χ3n) is 5.29. The first kappa shape index (κ1) is 24.6. The Labute approximate surface area is 158 Å². The fraction of sp³-hybridized carbons (Fsp3) is 0.957. The molecule has 0 fully saturated rings. The van der Waals surface area contributed by atoms with E-state index in [9.17, 15) is 4.79 Å². The van der Waals surface area contributed by atoms with E-state index in [4.69, 9.17) is 5.73 Å². The van der Waals surface area contributed by atoms with E-state index in [1.54, 1.807) is 0 Å². The lowest BCUT2D eigenvalue weighted by atomic mass is 9.96. The first-order valence-electron chi connectivity index (χ1n) is 11.4. The molecule has 0 radical (unpaired) electrons. The second-order valence-corrected chi connectivity index (χ2v) is 8.13. The normalized spacial score (nSPS) is 12.4. The maximum absolute atomic E-state index is 12.0. The topological polar surface area (TPSA) is 43.1 Å². The van der Waals surface area contributed by atoms with Crippen LogP contribution in [-0.2, 0) is 4.79 Å². The van der Waals surface area contributed by atoms with Gasteiger partial charge in [-0.2, -0.15) is 0 Å². The molecule has 0 aliphatic heterocycles. The predicted molar refractivity (Wildman–Crippen MR) is 112 cm³/mol. The number of Topliss-reactive ketones (excluding diaryl/α,β-unsaturated/α-hetero) is 1. The highest BCUT2D eigenvalue weighted by Gasteiger charge is 2.08. The molecule has 25 heavy (non-hydrogen) atoms. The summed E-state index contributed by atoms with van der Waals surface area (Å²) >= 11 is 0. The number of ketones is 1. The van der Waals surface area contributed by atoms with Gasteiger partial charge >= 0.3 is 0 Å². The molecule has 0 aliphatic rings. The van der Waals surface area contributed by atoms with E-state index in [1.807, 2.05) is 0 Å². The Hall–Kier alpha value is -0.370. The van der Waals surface area contributed by atoms with Crippen LogP contribution in [0.15, 0.2) is 0 Å². The van der Waals surface area contributed by atoms with E-state index in [0.29, 0.717) is 11.7 Å². The molecule has 0 rings (SSSR count). The van der Waals surface area contributed by atoms with Gasteiger partial charge in [-0.1, -0.05) is 104 Å². The van der Waals surface area contributed by atoms with Gasteiger partial charge in [-0.25, -0.2) is 0 Å². The summed E-state index contributed by atoms with van der Waals surface area (Å²) in [4.78, 5) is 12.0. The van der Waals surface area contributed by atoms with E-state index >= 15 is 0 Å². The Morgan fingerprint density at radius 3 is 1.68 bits per heavy atom. The summed E-state index contributed by atoms with van der Waals surface area (Å²) in [7, 11) is 0. The molecule has 2 heteroatoms. The van der Waals surface area contributed by atoms with Gasteiger partial charge in [0.2, 0.25) is 0 Å². The van der Waals surface area contributed by atoms with Gasteiger partial charge in [0.05, 0.1) is 0 Å². The quantitative estimate of drug-likeness (QED) is 0.235. The van der Waals surface area contributed by atoms with Crippen LogP contribution in [0.4, 0.5) is 0 Å².